The second-order valence-electron chi connectivity index (χ2n) is 4.29. The summed E-state index contributed by atoms with van der Waals surface area (Å²) in [5.41, 5.74) is -0.860. The van der Waals surface area contributed by atoms with Gasteiger partial charge in [0.05, 0.1) is 15.7 Å². The predicted octanol–water partition coefficient (Wildman–Crippen LogP) is 2.52. The molecule has 17 heavy (non-hydrogen) atoms. The number of hydrogen-bond acceptors (Lipinski definition) is 4. The number of aliphatic hydroxyl groups is 1. The maximum absolute atomic E-state index is 11.4. The second-order valence-corrected chi connectivity index (χ2v) is 7.07. The molecule has 0 aromatic carbocycles. The Morgan fingerprint density at radius 3 is 2.82 bits per heavy atom. The Morgan fingerprint density at radius 1 is 1.59 bits per heavy atom. The average Bonchev–Trinajstić information content (AvgIpc) is 2.60. The fraction of sp³-hybridized carbons (Fsp3) is 0.545. The first kappa shape index (κ1) is 14.8. The molecule has 0 unspecified atom stereocenters. The highest BCUT2D eigenvalue weighted by atomic mass is 35.5. The van der Waals surface area contributed by atoms with E-state index in [0.29, 0.717) is 5.75 Å². The Balaban J connectivity index is 2.16. The van der Waals surface area contributed by atoms with E-state index < -0.39 is 5.60 Å². The summed E-state index contributed by atoms with van der Waals surface area (Å²) in [5, 5.41) is 12.1. The van der Waals surface area contributed by atoms with Gasteiger partial charge in [-0.15, -0.1) is 23.1 Å². The van der Waals surface area contributed by atoms with E-state index in [9.17, 15) is 9.90 Å². The van der Waals surface area contributed by atoms with Crippen molar-refractivity contribution in [3.63, 3.8) is 0 Å². The maximum Gasteiger partial charge on any atom is 0.230 e. The Bertz CT molecular complexity index is 374. The Kier molecular flexibility index (Phi) is 5.79. The van der Waals surface area contributed by atoms with Gasteiger partial charge in [0.25, 0.3) is 0 Å². The number of amides is 1. The van der Waals surface area contributed by atoms with Crippen molar-refractivity contribution >= 4 is 40.6 Å². The fourth-order valence-electron chi connectivity index (χ4n) is 1.04. The van der Waals surface area contributed by atoms with Crippen molar-refractivity contribution in [1.82, 2.24) is 5.32 Å². The number of nitrogens with one attached hydrogen (secondary N) is 1. The summed E-state index contributed by atoms with van der Waals surface area (Å²) < 4.78 is 0.770. The molecule has 0 spiro atoms. The van der Waals surface area contributed by atoms with Crippen molar-refractivity contribution in [2.45, 2.75) is 25.2 Å². The molecule has 2 N–H and O–H groups in total. The molecule has 1 aromatic rings. The molecule has 0 aliphatic carbocycles. The molecule has 0 aliphatic rings. The summed E-state index contributed by atoms with van der Waals surface area (Å²) in [6.07, 6.45) is 0. The van der Waals surface area contributed by atoms with Gasteiger partial charge < -0.3 is 10.4 Å². The van der Waals surface area contributed by atoms with Gasteiger partial charge in [0.1, 0.15) is 0 Å². The third kappa shape index (κ3) is 6.93. The standard InChI is InChI=1S/C11H16ClNO2S2/c1-11(2,15)7-13-10(14)6-16-5-8-3-4-9(12)17-8/h3-4,15H,5-7H2,1-2H3,(H,13,14). The lowest BCUT2D eigenvalue weighted by Crippen LogP contribution is -2.38. The number of halogens is 1. The summed E-state index contributed by atoms with van der Waals surface area (Å²) in [6, 6.07) is 3.82. The van der Waals surface area contributed by atoms with E-state index >= 15 is 0 Å². The summed E-state index contributed by atoms with van der Waals surface area (Å²) >= 11 is 8.87. The lowest BCUT2D eigenvalue weighted by Gasteiger charge is -2.17. The van der Waals surface area contributed by atoms with Gasteiger partial charge in [0.15, 0.2) is 0 Å². The molecule has 0 atom stereocenters. The van der Waals surface area contributed by atoms with E-state index in [1.807, 2.05) is 12.1 Å². The van der Waals surface area contributed by atoms with Crippen LogP contribution >= 0.6 is 34.7 Å². The van der Waals surface area contributed by atoms with Gasteiger partial charge in [0.2, 0.25) is 5.91 Å². The van der Waals surface area contributed by atoms with E-state index in [1.54, 1.807) is 13.8 Å². The van der Waals surface area contributed by atoms with Gasteiger partial charge in [-0.05, 0) is 26.0 Å². The van der Waals surface area contributed by atoms with Crippen LogP contribution in [0.3, 0.4) is 0 Å². The highest BCUT2D eigenvalue weighted by molar-refractivity contribution is 7.99. The molecule has 3 nitrogen and oxygen atoms in total. The van der Waals surface area contributed by atoms with Crippen LogP contribution in [0.4, 0.5) is 0 Å². The highest BCUT2D eigenvalue weighted by Gasteiger charge is 2.13. The van der Waals surface area contributed by atoms with Gasteiger partial charge in [-0.2, -0.15) is 0 Å². The van der Waals surface area contributed by atoms with Crippen LogP contribution in [0.5, 0.6) is 0 Å². The van der Waals surface area contributed by atoms with E-state index in [1.165, 1.54) is 23.1 Å². The normalized spacial score (nSPS) is 11.5. The van der Waals surface area contributed by atoms with Crippen molar-refractivity contribution in [2.24, 2.45) is 0 Å². The molecule has 6 heteroatoms. The van der Waals surface area contributed by atoms with Gasteiger partial charge in [-0.1, -0.05) is 11.6 Å². The Labute approximate surface area is 115 Å². The third-order valence-electron chi connectivity index (χ3n) is 1.82. The van der Waals surface area contributed by atoms with E-state index in [0.717, 1.165) is 15.0 Å². The van der Waals surface area contributed by atoms with Crippen LogP contribution in [-0.4, -0.2) is 28.9 Å². The van der Waals surface area contributed by atoms with Crippen LogP contribution < -0.4 is 5.32 Å². The minimum absolute atomic E-state index is 0.0558. The number of hydrogen-bond donors (Lipinski definition) is 2. The largest absolute Gasteiger partial charge is 0.389 e. The van der Waals surface area contributed by atoms with Gasteiger partial charge in [-0.3, -0.25) is 4.79 Å². The summed E-state index contributed by atoms with van der Waals surface area (Å²) in [6.45, 7) is 3.60. The van der Waals surface area contributed by atoms with Gasteiger partial charge in [0, 0.05) is 17.2 Å². The summed E-state index contributed by atoms with van der Waals surface area (Å²) in [7, 11) is 0. The maximum atomic E-state index is 11.4. The first-order valence-corrected chi connectivity index (χ1v) is 7.53. The minimum atomic E-state index is -0.860. The number of thiophene rings is 1. The highest BCUT2D eigenvalue weighted by Crippen LogP contribution is 2.24. The van der Waals surface area contributed by atoms with Crippen LogP contribution in [0.1, 0.15) is 18.7 Å². The molecule has 0 saturated carbocycles. The number of carbonyl (C=O) groups is 1. The zero-order valence-corrected chi connectivity index (χ0v) is 12.2. The fourth-order valence-corrected chi connectivity index (χ4v) is 3.10. The SMILES string of the molecule is CC(C)(O)CNC(=O)CSCc1ccc(Cl)s1. The molecule has 96 valence electrons. The minimum Gasteiger partial charge on any atom is -0.389 e. The zero-order valence-electron chi connectivity index (χ0n) is 9.83. The molecular formula is C11H16ClNO2S2. The van der Waals surface area contributed by atoms with Crippen molar-refractivity contribution in [3.8, 4) is 0 Å². The number of thioether (sulfide) groups is 1. The van der Waals surface area contributed by atoms with Crippen molar-refractivity contribution < 1.29 is 9.90 Å². The smallest absolute Gasteiger partial charge is 0.230 e. The molecule has 1 aromatic heterocycles. The molecule has 0 fully saturated rings. The monoisotopic (exact) mass is 293 g/mol. The van der Waals surface area contributed by atoms with Crippen LogP contribution in [0.15, 0.2) is 12.1 Å². The topological polar surface area (TPSA) is 49.3 Å². The van der Waals surface area contributed by atoms with Crippen molar-refractivity contribution in [3.05, 3.63) is 21.3 Å². The van der Waals surface area contributed by atoms with E-state index in [-0.39, 0.29) is 12.5 Å². The quantitative estimate of drug-likeness (QED) is 0.847. The Hall–Kier alpha value is -0.230. The first-order chi connectivity index (χ1) is 7.87. The molecule has 1 heterocycles. The average molecular weight is 294 g/mol. The summed E-state index contributed by atoms with van der Waals surface area (Å²) in [4.78, 5) is 12.6. The van der Waals surface area contributed by atoms with Crippen molar-refractivity contribution in [1.29, 1.82) is 0 Å². The lowest BCUT2D eigenvalue weighted by atomic mass is 10.1. The van der Waals surface area contributed by atoms with Gasteiger partial charge in [-0.25, -0.2) is 0 Å². The Morgan fingerprint density at radius 2 is 2.29 bits per heavy atom. The molecule has 0 bridgehead atoms. The van der Waals surface area contributed by atoms with Crippen molar-refractivity contribution in [2.75, 3.05) is 12.3 Å². The molecule has 1 amide bonds. The molecule has 0 aliphatic heterocycles. The van der Waals surface area contributed by atoms with E-state index in [2.05, 4.69) is 5.32 Å². The number of carbonyl (C=O) groups excluding carboxylic acids is 1. The molecular weight excluding hydrogens is 278 g/mol. The summed E-state index contributed by atoms with van der Waals surface area (Å²) in [5.74, 6) is 1.12. The van der Waals surface area contributed by atoms with Gasteiger partial charge >= 0.3 is 0 Å². The van der Waals surface area contributed by atoms with Crippen LogP contribution in [-0.2, 0) is 10.5 Å². The second kappa shape index (κ2) is 6.64. The van der Waals surface area contributed by atoms with Crippen LogP contribution in [0.2, 0.25) is 4.34 Å². The third-order valence-corrected chi connectivity index (χ3v) is 4.22. The van der Waals surface area contributed by atoms with E-state index in [4.69, 9.17) is 11.6 Å². The predicted molar refractivity (Wildman–Crippen MR) is 74.8 cm³/mol. The van der Waals surface area contributed by atoms with Crippen LogP contribution in [0.25, 0.3) is 0 Å². The molecule has 0 radical (unpaired) electrons. The zero-order chi connectivity index (χ0) is 12.9. The molecule has 0 saturated heterocycles. The van der Waals surface area contributed by atoms with Crippen LogP contribution in [0, 0.1) is 0 Å². The number of rotatable bonds is 6. The lowest BCUT2D eigenvalue weighted by molar-refractivity contribution is -0.119. The molecule has 1 rings (SSSR count). The first-order valence-electron chi connectivity index (χ1n) is 5.18.